The van der Waals surface area contributed by atoms with Gasteiger partial charge in [0, 0.05) is 5.56 Å². The van der Waals surface area contributed by atoms with Crippen LogP contribution in [0.3, 0.4) is 0 Å². The van der Waals surface area contributed by atoms with Crippen molar-refractivity contribution >= 4 is 45.1 Å². The number of hydrogen-bond acceptors (Lipinski definition) is 4. The van der Waals surface area contributed by atoms with Gasteiger partial charge in [0.2, 0.25) is 5.91 Å². The van der Waals surface area contributed by atoms with E-state index >= 15 is 0 Å². The van der Waals surface area contributed by atoms with Crippen molar-refractivity contribution in [1.82, 2.24) is 16.2 Å². The van der Waals surface area contributed by atoms with E-state index < -0.39 is 5.91 Å². The summed E-state index contributed by atoms with van der Waals surface area (Å²) in [6.45, 7) is 2.41. The van der Waals surface area contributed by atoms with Crippen molar-refractivity contribution in [3.8, 4) is 5.75 Å². The average molecular weight is 436 g/mol. The first kappa shape index (κ1) is 19.9. The topological polar surface area (TPSA) is 79.5 Å². The lowest BCUT2D eigenvalue weighted by Gasteiger charge is -2.12. The van der Waals surface area contributed by atoms with Crippen LogP contribution in [0.25, 0.3) is 0 Å². The predicted octanol–water partition coefficient (Wildman–Crippen LogP) is 2.73. The maximum atomic E-state index is 12.2. The molecule has 0 aromatic heterocycles. The smallest absolute Gasteiger partial charge is 0.257 e. The molecule has 0 heterocycles. The highest BCUT2D eigenvalue weighted by Crippen LogP contribution is 2.25. The van der Waals surface area contributed by atoms with Crippen molar-refractivity contribution in [2.45, 2.75) is 13.3 Å². The molecule has 26 heavy (non-hydrogen) atoms. The van der Waals surface area contributed by atoms with Gasteiger partial charge in [-0.2, -0.15) is 0 Å². The van der Waals surface area contributed by atoms with E-state index in [2.05, 4.69) is 32.1 Å². The molecule has 2 rings (SSSR count). The Balaban J connectivity index is 1.82. The average Bonchev–Trinajstić information content (AvgIpc) is 2.62. The van der Waals surface area contributed by atoms with Gasteiger partial charge < -0.3 is 4.74 Å². The SMILES string of the molecule is CCOc1ccc(C(=O)NC(=S)NNC(=O)Cc2ccccc2)cc1Br. The molecule has 2 aromatic rings. The number of rotatable bonds is 5. The molecule has 0 atom stereocenters. The molecule has 0 bridgehead atoms. The second kappa shape index (κ2) is 9.88. The number of nitrogens with one attached hydrogen (secondary N) is 3. The van der Waals surface area contributed by atoms with Gasteiger partial charge >= 0.3 is 0 Å². The first-order valence-electron chi connectivity index (χ1n) is 7.86. The summed E-state index contributed by atoms with van der Waals surface area (Å²) < 4.78 is 6.07. The third-order valence-electron chi connectivity index (χ3n) is 3.24. The van der Waals surface area contributed by atoms with Gasteiger partial charge in [-0.3, -0.25) is 25.8 Å². The minimum Gasteiger partial charge on any atom is -0.493 e. The van der Waals surface area contributed by atoms with E-state index in [0.717, 1.165) is 5.56 Å². The highest BCUT2D eigenvalue weighted by molar-refractivity contribution is 9.10. The Morgan fingerprint density at radius 1 is 1.12 bits per heavy atom. The molecule has 0 spiro atoms. The van der Waals surface area contributed by atoms with E-state index in [1.807, 2.05) is 37.3 Å². The molecule has 0 radical (unpaired) electrons. The van der Waals surface area contributed by atoms with E-state index in [1.165, 1.54) is 0 Å². The van der Waals surface area contributed by atoms with Crippen LogP contribution in [0.15, 0.2) is 53.0 Å². The number of thiocarbonyl (C=S) groups is 1. The largest absolute Gasteiger partial charge is 0.493 e. The van der Waals surface area contributed by atoms with E-state index in [9.17, 15) is 9.59 Å². The van der Waals surface area contributed by atoms with E-state index in [1.54, 1.807) is 18.2 Å². The maximum absolute atomic E-state index is 12.2. The fraction of sp³-hybridized carbons (Fsp3) is 0.167. The van der Waals surface area contributed by atoms with Crippen LogP contribution >= 0.6 is 28.1 Å². The van der Waals surface area contributed by atoms with Crippen molar-refractivity contribution in [1.29, 1.82) is 0 Å². The molecule has 8 heteroatoms. The molecule has 0 aliphatic carbocycles. The highest BCUT2D eigenvalue weighted by Gasteiger charge is 2.11. The summed E-state index contributed by atoms with van der Waals surface area (Å²) in [5.74, 6) is -0.0157. The highest BCUT2D eigenvalue weighted by atomic mass is 79.9. The number of benzene rings is 2. The lowest BCUT2D eigenvalue weighted by atomic mass is 10.1. The first-order chi connectivity index (χ1) is 12.5. The third-order valence-corrected chi connectivity index (χ3v) is 4.07. The molecule has 0 aliphatic rings. The van der Waals surface area contributed by atoms with Gasteiger partial charge in [-0.1, -0.05) is 30.3 Å². The van der Waals surface area contributed by atoms with Gasteiger partial charge in [0.05, 0.1) is 17.5 Å². The van der Waals surface area contributed by atoms with Crippen molar-refractivity contribution in [2.75, 3.05) is 6.61 Å². The van der Waals surface area contributed by atoms with Gasteiger partial charge in [0.15, 0.2) is 5.11 Å². The summed E-state index contributed by atoms with van der Waals surface area (Å²) in [5.41, 5.74) is 6.24. The Morgan fingerprint density at radius 2 is 1.85 bits per heavy atom. The Bertz CT molecular complexity index is 800. The molecule has 136 valence electrons. The Labute approximate surface area is 165 Å². The molecule has 0 saturated heterocycles. The monoisotopic (exact) mass is 435 g/mol. The summed E-state index contributed by atoms with van der Waals surface area (Å²) in [7, 11) is 0. The summed E-state index contributed by atoms with van der Waals surface area (Å²) in [6.07, 6.45) is 0.205. The molecular formula is C18H18BrN3O3S. The van der Waals surface area contributed by atoms with Crippen molar-refractivity contribution in [2.24, 2.45) is 0 Å². The molecule has 3 N–H and O–H groups in total. The number of hydrogen-bond donors (Lipinski definition) is 3. The minimum absolute atomic E-state index is 0.00131. The van der Waals surface area contributed by atoms with Crippen LogP contribution in [0, 0.1) is 0 Å². The number of carbonyl (C=O) groups is 2. The fourth-order valence-corrected chi connectivity index (χ4v) is 2.71. The normalized spacial score (nSPS) is 9.92. The molecule has 0 aliphatic heterocycles. The molecular weight excluding hydrogens is 418 g/mol. The Morgan fingerprint density at radius 3 is 2.50 bits per heavy atom. The van der Waals surface area contributed by atoms with Gasteiger partial charge in [0.1, 0.15) is 5.75 Å². The zero-order valence-electron chi connectivity index (χ0n) is 14.0. The maximum Gasteiger partial charge on any atom is 0.257 e. The van der Waals surface area contributed by atoms with Crippen LogP contribution in [-0.2, 0) is 11.2 Å². The number of halogens is 1. The Hall–Kier alpha value is -2.45. The van der Waals surface area contributed by atoms with Crippen molar-refractivity contribution < 1.29 is 14.3 Å². The van der Waals surface area contributed by atoms with Crippen molar-refractivity contribution in [3.05, 3.63) is 64.1 Å². The predicted molar refractivity (Wildman–Crippen MR) is 107 cm³/mol. The van der Waals surface area contributed by atoms with Crippen LogP contribution in [0.4, 0.5) is 0 Å². The Kier molecular flexibility index (Phi) is 7.55. The van der Waals surface area contributed by atoms with Crippen LogP contribution in [-0.4, -0.2) is 23.5 Å². The van der Waals surface area contributed by atoms with E-state index in [0.29, 0.717) is 22.4 Å². The summed E-state index contributed by atoms with van der Waals surface area (Å²) in [4.78, 5) is 24.0. The van der Waals surface area contributed by atoms with Crippen LogP contribution < -0.4 is 20.9 Å². The third kappa shape index (κ3) is 6.12. The quantitative estimate of drug-likeness (QED) is 0.496. The standard InChI is InChI=1S/C18H18BrN3O3S/c1-2-25-15-9-8-13(11-14(15)19)17(24)20-18(26)22-21-16(23)10-12-6-4-3-5-7-12/h3-9,11H,2,10H2,1H3,(H,21,23)(H2,20,22,24,26). The zero-order valence-corrected chi connectivity index (χ0v) is 16.4. The molecule has 0 fully saturated rings. The molecule has 0 unspecified atom stereocenters. The zero-order chi connectivity index (χ0) is 18.9. The lowest BCUT2D eigenvalue weighted by Crippen LogP contribution is -2.48. The molecule has 0 saturated carbocycles. The molecule has 2 amide bonds. The minimum atomic E-state index is -0.399. The summed E-state index contributed by atoms with van der Waals surface area (Å²) in [6, 6.07) is 14.3. The van der Waals surface area contributed by atoms with Crippen molar-refractivity contribution in [3.63, 3.8) is 0 Å². The number of carbonyl (C=O) groups excluding carboxylic acids is 2. The van der Waals surface area contributed by atoms with Crippen LogP contribution in [0.5, 0.6) is 5.75 Å². The van der Waals surface area contributed by atoms with Gasteiger partial charge in [-0.15, -0.1) is 0 Å². The first-order valence-corrected chi connectivity index (χ1v) is 9.06. The summed E-state index contributed by atoms with van der Waals surface area (Å²) in [5, 5.41) is 2.50. The fourth-order valence-electron chi connectivity index (χ4n) is 2.07. The van der Waals surface area contributed by atoms with E-state index in [-0.39, 0.29) is 17.4 Å². The second-order valence-electron chi connectivity index (χ2n) is 5.20. The number of amides is 2. The molecule has 6 nitrogen and oxygen atoms in total. The lowest BCUT2D eigenvalue weighted by molar-refractivity contribution is -0.121. The van der Waals surface area contributed by atoms with Gasteiger partial charge in [-0.05, 0) is 58.8 Å². The number of ether oxygens (including phenoxy) is 1. The summed E-state index contributed by atoms with van der Waals surface area (Å²) >= 11 is 8.37. The number of hydrazine groups is 1. The van der Waals surface area contributed by atoms with Crippen LogP contribution in [0.1, 0.15) is 22.8 Å². The van der Waals surface area contributed by atoms with Gasteiger partial charge in [0.25, 0.3) is 5.91 Å². The molecule has 2 aromatic carbocycles. The second-order valence-corrected chi connectivity index (χ2v) is 6.46. The van der Waals surface area contributed by atoms with Gasteiger partial charge in [-0.25, -0.2) is 0 Å². The van der Waals surface area contributed by atoms with Crippen LogP contribution in [0.2, 0.25) is 0 Å². The van der Waals surface area contributed by atoms with E-state index in [4.69, 9.17) is 17.0 Å².